The van der Waals surface area contributed by atoms with Crippen LogP contribution in [0.4, 0.5) is 18.9 Å². The number of rotatable bonds is 5. The van der Waals surface area contributed by atoms with Gasteiger partial charge in [0.2, 0.25) is 5.91 Å². The second-order valence-corrected chi connectivity index (χ2v) is 5.58. The Kier molecular flexibility index (Phi) is 4.93. The second kappa shape index (κ2) is 6.57. The first kappa shape index (κ1) is 17.3. The predicted molar refractivity (Wildman–Crippen MR) is 76.8 cm³/mol. The van der Waals surface area contributed by atoms with E-state index in [9.17, 15) is 22.8 Å². The molecule has 1 aromatic rings. The minimum atomic E-state index is -4.77. The Morgan fingerprint density at radius 1 is 1.30 bits per heavy atom. The van der Waals surface area contributed by atoms with Crippen LogP contribution in [0.1, 0.15) is 23.2 Å². The van der Waals surface area contributed by atoms with Gasteiger partial charge in [-0.1, -0.05) is 0 Å². The van der Waals surface area contributed by atoms with E-state index in [1.165, 1.54) is 31.3 Å². The first-order valence-electron chi connectivity index (χ1n) is 7.09. The first-order valence-corrected chi connectivity index (χ1v) is 7.09. The zero-order valence-electron chi connectivity index (χ0n) is 12.4. The van der Waals surface area contributed by atoms with Gasteiger partial charge in [0.15, 0.2) is 6.10 Å². The summed E-state index contributed by atoms with van der Waals surface area (Å²) in [6.07, 6.45) is -5.62. The fourth-order valence-corrected chi connectivity index (χ4v) is 1.95. The number of carbonyl (C=O) groups is 2. The van der Waals surface area contributed by atoms with E-state index in [-0.39, 0.29) is 17.4 Å². The predicted octanol–water partition coefficient (Wildman–Crippen LogP) is 2.03. The highest BCUT2D eigenvalue weighted by atomic mass is 19.4. The molecule has 0 aliphatic heterocycles. The lowest BCUT2D eigenvalue weighted by molar-refractivity contribution is -0.205. The maximum atomic E-state index is 12.3. The molecule has 23 heavy (non-hydrogen) atoms. The van der Waals surface area contributed by atoms with Gasteiger partial charge in [-0.15, -0.1) is 0 Å². The molecule has 2 N–H and O–H groups in total. The summed E-state index contributed by atoms with van der Waals surface area (Å²) < 4.78 is 36.9. The smallest absolute Gasteiger partial charge is 0.382 e. The summed E-state index contributed by atoms with van der Waals surface area (Å²) in [5.74, 6) is -0.672. The second-order valence-electron chi connectivity index (χ2n) is 5.58. The molecule has 1 atom stereocenters. The van der Waals surface area contributed by atoms with E-state index >= 15 is 0 Å². The van der Waals surface area contributed by atoms with Crippen molar-refractivity contribution >= 4 is 17.5 Å². The molecular weight excluding hydrogens is 313 g/mol. The molecular formula is C15H17F3N2O3. The van der Waals surface area contributed by atoms with Crippen molar-refractivity contribution in [2.24, 2.45) is 5.92 Å². The number of nitrogens with one attached hydrogen (secondary N) is 1. The number of carbonyl (C=O) groups excluding carboxylic acids is 2. The molecule has 8 heteroatoms. The van der Waals surface area contributed by atoms with Gasteiger partial charge in [0, 0.05) is 24.2 Å². The average Bonchev–Trinajstić information content (AvgIpc) is 3.30. The molecule has 0 radical (unpaired) electrons. The summed E-state index contributed by atoms with van der Waals surface area (Å²) in [5.41, 5.74) is 0.697. The van der Waals surface area contributed by atoms with Crippen LogP contribution in [-0.2, 0) is 4.79 Å². The zero-order chi connectivity index (χ0) is 17.2. The third kappa shape index (κ3) is 4.69. The van der Waals surface area contributed by atoms with E-state index in [4.69, 9.17) is 5.11 Å². The van der Waals surface area contributed by atoms with Gasteiger partial charge in [0.25, 0.3) is 5.91 Å². The quantitative estimate of drug-likeness (QED) is 0.868. The van der Waals surface area contributed by atoms with Crippen LogP contribution in [0.2, 0.25) is 0 Å². The number of alkyl halides is 3. The minimum absolute atomic E-state index is 0.0475. The summed E-state index contributed by atoms with van der Waals surface area (Å²) in [5, 5.41) is 11.7. The molecule has 0 saturated heterocycles. The summed E-state index contributed by atoms with van der Waals surface area (Å²) in [4.78, 5) is 24.4. The third-order valence-electron chi connectivity index (χ3n) is 3.52. The van der Waals surface area contributed by atoms with Crippen molar-refractivity contribution in [3.63, 3.8) is 0 Å². The van der Waals surface area contributed by atoms with Gasteiger partial charge in [-0.3, -0.25) is 9.59 Å². The van der Waals surface area contributed by atoms with Crippen molar-refractivity contribution in [2.75, 3.05) is 18.9 Å². The average molecular weight is 330 g/mol. The van der Waals surface area contributed by atoms with Crippen molar-refractivity contribution < 1.29 is 27.9 Å². The van der Waals surface area contributed by atoms with E-state index < -0.39 is 24.7 Å². The van der Waals surface area contributed by atoms with Gasteiger partial charge >= 0.3 is 6.18 Å². The van der Waals surface area contributed by atoms with Gasteiger partial charge < -0.3 is 15.3 Å². The maximum Gasteiger partial charge on any atom is 0.416 e. The standard InChI is InChI=1S/C15H17F3N2O3/c1-20(8-12(21)15(16,17)18)14(23)10-4-6-11(7-5-10)19-13(22)9-2-3-9/h4-7,9,12,21H,2-3,8H2,1H3,(H,19,22). The molecule has 1 fully saturated rings. The van der Waals surface area contributed by atoms with Gasteiger partial charge in [-0.2, -0.15) is 13.2 Å². The van der Waals surface area contributed by atoms with Crippen LogP contribution in [0.5, 0.6) is 0 Å². The number of amides is 2. The van der Waals surface area contributed by atoms with Gasteiger partial charge in [-0.05, 0) is 37.1 Å². The zero-order valence-corrected chi connectivity index (χ0v) is 12.4. The molecule has 5 nitrogen and oxygen atoms in total. The van der Waals surface area contributed by atoms with E-state index in [2.05, 4.69) is 5.32 Å². The SMILES string of the molecule is CN(CC(O)C(F)(F)F)C(=O)c1ccc(NC(=O)C2CC2)cc1. The number of hydrogen-bond acceptors (Lipinski definition) is 3. The molecule has 126 valence electrons. The molecule has 1 unspecified atom stereocenters. The Morgan fingerprint density at radius 2 is 1.87 bits per heavy atom. The topological polar surface area (TPSA) is 69.6 Å². The summed E-state index contributed by atoms with van der Waals surface area (Å²) in [7, 11) is 1.18. The van der Waals surface area contributed by atoms with Crippen molar-refractivity contribution in [2.45, 2.75) is 25.1 Å². The van der Waals surface area contributed by atoms with Crippen LogP contribution in [-0.4, -0.2) is 47.7 Å². The highest BCUT2D eigenvalue weighted by Gasteiger charge is 2.39. The molecule has 1 saturated carbocycles. The molecule has 0 aromatic heterocycles. The molecule has 0 spiro atoms. The lowest BCUT2D eigenvalue weighted by Gasteiger charge is -2.22. The number of nitrogens with zero attached hydrogens (tertiary/aromatic N) is 1. The van der Waals surface area contributed by atoms with Crippen molar-refractivity contribution in [3.8, 4) is 0 Å². The molecule has 1 aliphatic rings. The number of benzene rings is 1. The number of hydrogen-bond donors (Lipinski definition) is 2. The highest BCUT2D eigenvalue weighted by Crippen LogP contribution is 2.30. The summed E-state index contributed by atoms with van der Waals surface area (Å²) in [6.45, 7) is -0.845. The lowest BCUT2D eigenvalue weighted by atomic mass is 10.1. The Labute approximate surface area is 131 Å². The van der Waals surface area contributed by atoms with Crippen LogP contribution >= 0.6 is 0 Å². The van der Waals surface area contributed by atoms with Crippen molar-refractivity contribution in [3.05, 3.63) is 29.8 Å². The first-order chi connectivity index (χ1) is 10.7. The number of halogens is 3. The Bertz CT molecular complexity index is 583. The van der Waals surface area contributed by atoms with Crippen LogP contribution in [0.3, 0.4) is 0 Å². The van der Waals surface area contributed by atoms with Crippen molar-refractivity contribution in [1.29, 1.82) is 0 Å². The molecule has 2 amide bonds. The third-order valence-corrected chi connectivity index (χ3v) is 3.52. The summed E-state index contributed by atoms with van der Waals surface area (Å²) >= 11 is 0. The molecule has 0 heterocycles. The van der Waals surface area contributed by atoms with Gasteiger partial charge in [-0.25, -0.2) is 0 Å². The van der Waals surface area contributed by atoms with Crippen molar-refractivity contribution in [1.82, 2.24) is 4.90 Å². The van der Waals surface area contributed by atoms with Crippen LogP contribution in [0.15, 0.2) is 24.3 Å². The van der Waals surface area contributed by atoms with Gasteiger partial charge in [0.05, 0.1) is 6.54 Å². The van der Waals surface area contributed by atoms with Crippen LogP contribution < -0.4 is 5.32 Å². The molecule has 2 rings (SSSR count). The van der Waals surface area contributed by atoms with E-state index in [0.29, 0.717) is 5.69 Å². The van der Waals surface area contributed by atoms with Crippen LogP contribution in [0, 0.1) is 5.92 Å². The number of aliphatic hydroxyl groups excluding tert-OH is 1. The van der Waals surface area contributed by atoms with E-state index in [1.54, 1.807) is 0 Å². The number of likely N-dealkylation sites (N-methyl/N-ethyl adjacent to an activating group) is 1. The Balaban J connectivity index is 1.95. The molecule has 1 aliphatic carbocycles. The highest BCUT2D eigenvalue weighted by molar-refractivity contribution is 5.96. The fourth-order valence-electron chi connectivity index (χ4n) is 1.95. The molecule has 1 aromatic carbocycles. The van der Waals surface area contributed by atoms with E-state index in [0.717, 1.165) is 17.7 Å². The normalized spacial score (nSPS) is 15.9. The largest absolute Gasteiger partial charge is 0.416 e. The monoisotopic (exact) mass is 330 g/mol. The Morgan fingerprint density at radius 3 is 2.35 bits per heavy atom. The number of aliphatic hydroxyl groups is 1. The number of anilines is 1. The van der Waals surface area contributed by atoms with E-state index in [1.807, 2.05) is 0 Å². The molecule has 0 bridgehead atoms. The maximum absolute atomic E-state index is 12.3. The lowest BCUT2D eigenvalue weighted by Crippen LogP contribution is -2.41. The van der Waals surface area contributed by atoms with Gasteiger partial charge in [0.1, 0.15) is 0 Å². The Hall–Kier alpha value is -2.09. The minimum Gasteiger partial charge on any atom is -0.382 e. The van der Waals surface area contributed by atoms with Crippen LogP contribution in [0.25, 0.3) is 0 Å². The summed E-state index contributed by atoms with van der Waals surface area (Å²) in [6, 6.07) is 5.87. The fraction of sp³-hybridized carbons (Fsp3) is 0.467.